The summed E-state index contributed by atoms with van der Waals surface area (Å²) in [6, 6.07) is 39.2. The Morgan fingerprint density at radius 3 is 1.09 bits per heavy atom. The molecule has 0 N–H and O–H groups in total. The van der Waals surface area contributed by atoms with Gasteiger partial charge in [0.25, 0.3) is 0 Å². The Kier molecular flexibility index (Phi) is 10.5. The maximum atomic E-state index is 13.3. The molecule has 0 radical (unpaired) electrons. The van der Waals surface area contributed by atoms with E-state index in [1.54, 1.807) is 67.8 Å². The minimum Gasteiger partial charge on any atom is -0.497 e. The molecule has 4 nitrogen and oxygen atoms in total. The van der Waals surface area contributed by atoms with Crippen molar-refractivity contribution in [1.29, 1.82) is 0 Å². The molecule has 0 aliphatic heterocycles. The van der Waals surface area contributed by atoms with Crippen molar-refractivity contribution in [2.75, 3.05) is 7.11 Å². The van der Waals surface area contributed by atoms with Crippen LogP contribution in [0.1, 0.15) is 110 Å². The molecule has 0 bridgehead atoms. The van der Waals surface area contributed by atoms with Crippen LogP contribution in [0.4, 0.5) is 0 Å². The van der Waals surface area contributed by atoms with E-state index in [1.165, 1.54) is 38.9 Å². The lowest BCUT2D eigenvalue weighted by atomic mass is 9.73. The van der Waals surface area contributed by atoms with Gasteiger partial charge in [-0.2, -0.15) is 0 Å². The topological polar surface area (TPSA) is 52.6 Å². The zero-order valence-corrected chi connectivity index (χ0v) is 33.2. The van der Waals surface area contributed by atoms with Gasteiger partial charge in [0.2, 0.25) is 0 Å². The van der Waals surface area contributed by atoms with Gasteiger partial charge in [0.05, 0.1) is 7.11 Å². The second-order valence-electron chi connectivity index (χ2n) is 15.6. The summed E-state index contributed by atoms with van der Waals surface area (Å²) >= 11 is 0. The number of carbonyl (C=O) groups excluding carboxylic acids is 2. The molecule has 0 atom stereocenters. The molecule has 274 valence electrons. The van der Waals surface area contributed by atoms with Crippen LogP contribution in [-0.4, -0.2) is 18.7 Å². The molecule has 54 heavy (non-hydrogen) atoms. The molecular formula is C50H50O4. The number of ether oxygens (including phenoxy) is 2. The summed E-state index contributed by atoms with van der Waals surface area (Å²) in [5, 5.41) is 0. The van der Waals surface area contributed by atoms with E-state index >= 15 is 0 Å². The van der Waals surface area contributed by atoms with Gasteiger partial charge in [-0.3, -0.25) is 9.59 Å². The predicted octanol–water partition coefficient (Wildman–Crippen LogP) is 12.1. The number of benzene rings is 6. The van der Waals surface area contributed by atoms with Crippen molar-refractivity contribution in [2.45, 2.75) is 73.1 Å². The standard InChI is InChI=1S/C50H50O4/c1-31-27-42(28-32(2)35(31)5)49(6,7)40-19-21-41(22-20-40)50(8,9)43-29-33(3)48(34(4)30-43)54-45-25-17-39(18-26-45)47(52)37-13-11-36(12-14-37)46(51)38-15-23-44(53-10)24-16-38/h11-30H,1-10H3. The summed E-state index contributed by atoms with van der Waals surface area (Å²) in [6.07, 6.45) is 0. The normalized spacial score (nSPS) is 11.7. The van der Waals surface area contributed by atoms with Gasteiger partial charge in [-0.15, -0.1) is 0 Å². The maximum Gasteiger partial charge on any atom is 0.193 e. The third kappa shape index (κ3) is 7.52. The first kappa shape index (κ1) is 38.0. The van der Waals surface area contributed by atoms with E-state index in [9.17, 15) is 9.59 Å². The van der Waals surface area contributed by atoms with Crippen molar-refractivity contribution in [3.05, 3.63) is 194 Å². The Labute approximate surface area is 320 Å². The number of ketones is 2. The highest BCUT2D eigenvalue weighted by Crippen LogP contribution is 2.39. The van der Waals surface area contributed by atoms with Crippen LogP contribution in [0.3, 0.4) is 0 Å². The summed E-state index contributed by atoms with van der Waals surface area (Å²) in [4.78, 5) is 26.3. The molecule has 0 unspecified atom stereocenters. The van der Waals surface area contributed by atoms with Crippen LogP contribution in [0.5, 0.6) is 17.2 Å². The van der Waals surface area contributed by atoms with E-state index in [-0.39, 0.29) is 22.4 Å². The van der Waals surface area contributed by atoms with Gasteiger partial charge in [0, 0.05) is 33.1 Å². The summed E-state index contributed by atoms with van der Waals surface area (Å²) in [6.45, 7) is 19.9. The second-order valence-corrected chi connectivity index (χ2v) is 15.6. The van der Waals surface area contributed by atoms with Gasteiger partial charge in [-0.1, -0.05) is 100 Å². The summed E-state index contributed by atoms with van der Waals surface area (Å²) in [5.41, 5.74) is 13.0. The number of carbonyl (C=O) groups is 2. The lowest BCUT2D eigenvalue weighted by molar-refractivity contribution is 0.102. The Morgan fingerprint density at radius 1 is 0.426 bits per heavy atom. The lowest BCUT2D eigenvalue weighted by Crippen LogP contribution is -2.22. The fourth-order valence-electron chi connectivity index (χ4n) is 7.15. The van der Waals surface area contributed by atoms with Gasteiger partial charge in [0.15, 0.2) is 11.6 Å². The average molecular weight is 715 g/mol. The van der Waals surface area contributed by atoms with Crippen LogP contribution in [0.25, 0.3) is 0 Å². The van der Waals surface area contributed by atoms with Crippen LogP contribution in [0.2, 0.25) is 0 Å². The van der Waals surface area contributed by atoms with Crippen molar-refractivity contribution >= 4 is 11.6 Å². The van der Waals surface area contributed by atoms with Gasteiger partial charge in [-0.25, -0.2) is 0 Å². The van der Waals surface area contributed by atoms with E-state index in [0.29, 0.717) is 33.8 Å². The van der Waals surface area contributed by atoms with E-state index in [0.717, 1.165) is 16.9 Å². The Bertz CT molecular complexity index is 2280. The monoisotopic (exact) mass is 714 g/mol. The molecule has 0 spiro atoms. The molecule has 4 heteroatoms. The van der Waals surface area contributed by atoms with Crippen molar-refractivity contribution in [2.24, 2.45) is 0 Å². The summed E-state index contributed by atoms with van der Waals surface area (Å²) < 4.78 is 11.6. The van der Waals surface area contributed by atoms with Crippen molar-refractivity contribution in [3.63, 3.8) is 0 Å². The molecule has 0 saturated heterocycles. The summed E-state index contributed by atoms with van der Waals surface area (Å²) in [7, 11) is 1.59. The van der Waals surface area contributed by atoms with E-state index in [2.05, 4.69) is 111 Å². The predicted molar refractivity (Wildman–Crippen MR) is 220 cm³/mol. The molecule has 6 aromatic rings. The molecule has 0 aliphatic rings. The Balaban J connectivity index is 1.14. The first-order valence-corrected chi connectivity index (χ1v) is 18.5. The fraction of sp³-hybridized carbons (Fsp3) is 0.240. The average Bonchev–Trinajstić information content (AvgIpc) is 3.17. The SMILES string of the molecule is COc1ccc(C(=O)c2ccc(C(=O)c3ccc(Oc4c(C)cc(C(C)(C)c5ccc(C(C)(C)c6cc(C)c(C)c(C)c6)cc5)cc4C)cc3)cc2)cc1. The highest BCUT2D eigenvalue weighted by molar-refractivity contribution is 6.11. The minimum absolute atomic E-state index is 0.113. The molecule has 0 aliphatic carbocycles. The van der Waals surface area contributed by atoms with E-state index < -0.39 is 0 Å². The fourth-order valence-corrected chi connectivity index (χ4v) is 7.15. The van der Waals surface area contributed by atoms with Gasteiger partial charge >= 0.3 is 0 Å². The highest BCUT2D eigenvalue weighted by Gasteiger charge is 2.28. The van der Waals surface area contributed by atoms with E-state index in [1.807, 2.05) is 12.1 Å². The Morgan fingerprint density at radius 2 is 0.741 bits per heavy atom. The van der Waals surface area contributed by atoms with E-state index in [4.69, 9.17) is 9.47 Å². The molecule has 6 aromatic carbocycles. The smallest absolute Gasteiger partial charge is 0.193 e. The number of hydrogen-bond donors (Lipinski definition) is 0. The van der Waals surface area contributed by atoms with Crippen LogP contribution in [-0.2, 0) is 10.8 Å². The van der Waals surface area contributed by atoms with Gasteiger partial charge in [0.1, 0.15) is 17.2 Å². The van der Waals surface area contributed by atoms with Crippen LogP contribution in [0.15, 0.2) is 121 Å². The first-order valence-electron chi connectivity index (χ1n) is 18.5. The van der Waals surface area contributed by atoms with Crippen LogP contribution >= 0.6 is 0 Å². The maximum absolute atomic E-state index is 13.3. The number of rotatable bonds is 11. The molecule has 0 aromatic heterocycles. The first-order chi connectivity index (χ1) is 25.6. The Hall–Kier alpha value is -5.74. The summed E-state index contributed by atoms with van der Waals surface area (Å²) in [5.74, 6) is 1.92. The van der Waals surface area contributed by atoms with Crippen LogP contribution < -0.4 is 9.47 Å². The highest BCUT2D eigenvalue weighted by atomic mass is 16.5. The van der Waals surface area contributed by atoms with Crippen molar-refractivity contribution in [1.82, 2.24) is 0 Å². The third-order valence-corrected chi connectivity index (χ3v) is 11.3. The van der Waals surface area contributed by atoms with Gasteiger partial charge in [-0.05, 0) is 133 Å². The second kappa shape index (κ2) is 14.9. The minimum atomic E-state index is -0.225. The lowest BCUT2D eigenvalue weighted by Gasteiger charge is -2.31. The molecule has 0 heterocycles. The van der Waals surface area contributed by atoms with Crippen molar-refractivity contribution < 1.29 is 19.1 Å². The van der Waals surface area contributed by atoms with Crippen LogP contribution in [0, 0.1) is 34.6 Å². The number of hydrogen-bond acceptors (Lipinski definition) is 4. The molecule has 0 saturated carbocycles. The molecular weight excluding hydrogens is 665 g/mol. The number of aryl methyl sites for hydroxylation is 4. The zero-order chi connectivity index (χ0) is 38.9. The largest absolute Gasteiger partial charge is 0.497 e. The van der Waals surface area contributed by atoms with Gasteiger partial charge < -0.3 is 9.47 Å². The molecule has 0 fully saturated rings. The third-order valence-electron chi connectivity index (χ3n) is 11.3. The molecule has 0 amide bonds. The molecule has 6 rings (SSSR count). The zero-order valence-electron chi connectivity index (χ0n) is 33.2. The number of methoxy groups -OCH3 is 1. The quantitative estimate of drug-likeness (QED) is 0.125. The van der Waals surface area contributed by atoms with Crippen molar-refractivity contribution in [3.8, 4) is 17.2 Å².